The van der Waals surface area contributed by atoms with Crippen LogP contribution in [0.25, 0.3) is 10.9 Å². The normalized spacial score (nSPS) is 17.1. The predicted molar refractivity (Wildman–Crippen MR) is 106 cm³/mol. The zero-order valence-electron chi connectivity index (χ0n) is 16.2. The van der Waals surface area contributed by atoms with Crippen molar-refractivity contribution in [2.24, 2.45) is 0 Å². The number of rotatable bonds is 4. The van der Waals surface area contributed by atoms with Gasteiger partial charge in [-0.1, -0.05) is 0 Å². The molecule has 1 fully saturated rings. The number of alkyl halides is 3. The average Bonchev–Trinajstić information content (AvgIpc) is 2.73. The fraction of sp³-hybridized carbons (Fsp3) is 0.350. The number of piperidine rings is 1. The average molecular weight is 419 g/mol. The summed E-state index contributed by atoms with van der Waals surface area (Å²) in [4.78, 5) is 24.2. The highest BCUT2D eigenvalue weighted by Crippen LogP contribution is 2.40. The summed E-state index contributed by atoms with van der Waals surface area (Å²) >= 11 is 0. The molecule has 2 aromatic heterocycles. The number of H-pyrrole nitrogens is 1. The molecule has 3 aromatic rings. The Hall–Kier alpha value is -3.14. The number of pyridine rings is 1. The molecule has 158 valence electrons. The third-order valence-corrected chi connectivity index (χ3v) is 5.17. The van der Waals surface area contributed by atoms with E-state index < -0.39 is 17.3 Å². The largest absolute Gasteiger partial charge is 0.426 e. The molecule has 1 aromatic carbocycles. The first-order valence-corrected chi connectivity index (χ1v) is 9.49. The Kier molecular flexibility index (Phi) is 5.33. The SMILES string of the molecule is CN(c1ccc(Oc2nc3cnccc3c(=O)[nH]2)cc1C(F)(F)F)C1CCCNC1. The molecule has 1 saturated heterocycles. The number of aromatic nitrogens is 3. The van der Waals surface area contributed by atoms with E-state index in [1.165, 1.54) is 30.6 Å². The quantitative estimate of drug-likeness (QED) is 0.675. The van der Waals surface area contributed by atoms with Crippen molar-refractivity contribution in [1.82, 2.24) is 20.3 Å². The number of aromatic amines is 1. The standard InChI is InChI=1S/C20H20F3N5O2/c1-28(12-3-2-7-24-10-12)17-5-4-13(9-15(17)20(21,22)23)30-19-26-16-11-25-8-6-14(16)18(29)27-19/h4-6,8-9,11-12,24H,2-3,7,10H2,1H3,(H,26,27,29). The summed E-state index contributed by atoms with van der Waals surface area (Å²) in [5.41, 5.74) is -0.909. The van der Waals surface area contributed by atoms with Crippen molar-refractivity contribution < 1.29 is 17.9 Å². The molecular weight excluding hydrogens is 399 g/mol. The van der Waals surface area contributed by atoms with Crippen LogP contribution in [0, 0.1) is 0 Å². The molecule has 1 unspecified atom stereocenters. The van der Waals surface area contributed by atoms with Gasteiger partial charge in [0.1, 0.15) is 5.75 Å². The Morgan fingerprint density at radius 1 is 1.27 bits per heavy atom. The van der Waals surface area contributed by atoms with Crippen molar-refractivity contribution in [3.8, 4) is 11.8 Å². The Morgan fingerprint density at radius 3 is 2.83 bits per heavy atom. The van der Waals surface area contributed by atoms with Gasteiger partial charge in [0.15, 0.2) is 0 Å². The number of likely N-dealkylation sites (N-methyl/N-ethyl adjacent to an activating group) is 1. The van der Waals surface area contributed by atoms with E-state index in [0.717, 1.165) is 25.5 Å². The molecule has 4 rings (SSSR count). The van der Waals surface area contributed by atoms with Gasteiger partial charge in [-0.05, 0) is 43.7 Å². The lowest BCUT2D eigenvalue weighted by Crippen LogP contribution is -2.44. The van der Waals surface area contributed by atoms with Crippen molar-refractivity contribution in [2.45, 2.75) is 25.1 Å². The van der Waals surface area contributed by atoms with E-state index in [2.05, 4.69) is 20.3 Å². The van der Waals surface area contributed by atoms with Crippen LogP contribution in [-0.4, -0.2) is 41.1 Å². The van der Waals surface area contributed by atoms with Gasteiger partial charge in [0, 0.05) is 31.5 Å². The van der Waals surface area contributed by atoms with Crippen LogP contribution >= 0.6 is 0 Å². The maximum atomic E-state index is 13.8. The number of halogens is 3. The number of anilines is 1. The molecule has 3 heterocycles. The number of ether oxygens (including phenoxy) is 1. The minimum Gasteiger partial charge on any atom is -0.426 e. The molecule has 0 bridgehead atoms. The number of nitrogens with one attached hydrogen (secondary N) is 2. The van der Waals surface area contributed by atoms with Crippen LogP contribution in [0.5, 0.6) is 11.8 Å². The predicted octanol–water partition coefficient (Wildman–Crippen LogP) is 3.32. The molecule has 1 atom stereocenters. The monoisotopic (exact) mass is 419 g/mol. The van der Waals surface area contributed by atoms with Crippen molar-refractivity contribution in [2.75, 3.05) is 25.0 Å². The Bertz CT molecular complexity index is 1110. The fourth-order valence-electron chi connectivity index (χ4n) is 3.60. The summed E-state index contributed by atoms with van der Waals surface area (Å²) in [6.45, 7) is 1.50. The third kappa shape index (κ3) is 4.09. The highest BCUT2D eigenvalue weighted by molar-refractivity contribution is 5.76. The minimum absolute atomic E-state index is 0.0300. The molecule has 0 spiro atoms. The van der Waals surface area contributed by atoms with Gasteiger partial charge in [0.2, 0.25) is 0 Å². The van der Waals surface area contributed by atoms with E-state index in [1.807, 2.05) is 0 Å². The van der Waals surface area contributed by atoms with Crippen LogP contribution in [0.4, 0.5) is 18.9 Å². The van der Waals surface area contributed by atoms with Crippen LogP contribution in [0.15, 0.2) is 41.5 Å². The molecule has 1 aliphatic heterocycles. The maximum Gasteiger partial charge on any atom is 0.418 e. The Morgan fingerprint density at radius 2 is 2.10 bits per heavy atom. The number of fused-ring (bicyclic) bond motifs is 1. The summed E-state index contributed by atoms with van der Waals surface area (Å²) in [5, 5.41) is 3.52. The van der Waals surface area contributed by atoms with Crippen molar-refractivity contribution in [1.29, 1.82) is 0 Å². The van der Waals surface area contributed by atoms with E-state index in [9.17, 15) is 18.0 Å². The summed E-state index contributed by atoms with van der Waals surface area (Å²) in [5.74, 6) is -0.0763. The first-order chi connectivity index (χ1) is 14.3. The maximum absolute atomic E-state index is 13.8. The lowest BCUT2D eigenvalue weighted by Gasteiger charge is -2.34. The van der Waals surface area contributed by atoms with Crippen LogP contribution < -0.4 is 20.5 Å². The van der Waals surface area contributed by atoms with Gasteiger partial charge >= 0.3 is 12.2 Å². The topological polar surface area (TPSA) is 83.1 Å². The van der Waals surface area contributed by atoms with Crippen LogP contribution in [-0.2, 0) is 6.18 Å². The Balaban J connectivity index is 1.67. The van der Waals surface area contributed by atoms with Crippen LogP contribution in [0.1, 0.15) is 18.4 Å². The Labute approximate surface area is 169 Å². The highest BCUT2D eigenvalue weighted by atomic mass is 19.4. The van der Waals surface area contributed by atoms with E-state index in [-0.39, 0.29) is 29.0 Å². The van der Waals surface area contributed by atoms with Gasteiger partial charge in [-0.25, -0.2) is 0 Å². The molecule has 30 heavy (non-hydrogen) atoms. The van der Waals surface area contributed by atoms with E-state index in [1.54, 1.807) is 11.9 Å². The molecule has 7 nitrogen and oxygen atoms in total. The second kappa shape index (κ2) is 7.94. The number of hydrogen-bond donors (Lipinski definition) is 2. The zero-order chi connectivity index (χ0) is 21.3. The number of nitrogens with zero attached hydrogens (tertiary/aromatic N) is 3. The van der Waals surface area contributed by atoms with Crippen molar-refractivity contribution in [3.05, 3.63) is 52.6 Å². The van der Waals surface area contributed by atoms with Gasteiger partial charge in [-0.3, -0.25) is 14.8 Å². The third-order valence-electron chi connectivity index (χ3n) is 5.17. The molecule has 2 N–H and O–H groups in total. The number of benzene rings is 1. The van der Waals surface area contributed by atoms with Crippen molar-refractivity contribution >= 4 is 16.6 Å². The zero-order valence-corrected chi connectivity index (χ0v) is 16.2. The summed E-state index contributed by atoms with van der Waals surface area (Å²) in [6.07, 6.45) is -0.0107. The van der Waals surface area contributed by atoms with E-state index >= 15 is 0 Å². The molecule has 0 amide bonds. The highest BCUT2D eigenvalue weighted by Gasteiger charge is 2.36. The molecule has 0 aliphatic carbocycles. The lowest BCUT2D eigenvalue weighted by molar-refractivity contribution is -0.137. The molecule has 0 radical (unpaired) electrons. The van der Waals surface area contributed by atoms with Gasteiger partial charge in [0.05, 0.1) is 22.7 Å². The van der Waals surface area contributed by atoms with E-state index in [0.29, 0.717) is 11.9 Å². The van der Waals surface area contributed by atoms with E-state index in [4.69, 9.17) is 4.74 Å². The first-order valence-electron chi connectivity index (χ1n) is 9.49. The second-order valence-electron chi connectivity index (χ2n) is 7.15. The number of hydrogen-bond acceptors (Lipinski definition) is 6. The summed E-state index contributed by atoms with van der Waals surface area (Å²) in [6, 6.07) is 5.01. The smallest absolute Gasteiger partial charge is 0.418 e. The van der Waals surface area contributed by atoms with Gasteiger partial charge in [-0.2, -0.15) is 18.2 Å². The molecule has 10 heteroatoms. The first kappa shape index (κ1) is 20.1. The summed E-state index contributed by atoms with van der Waals surface area (Å²) in [7, 11) is 1.66. The molecular formula is C20H20F3N5O2. The van der Waals surface area contributed by atoms with Gasteiger partial charge in [-0.15, -0.1) is 0 Å². The van der Waals surface area contributed by atoms with Crippen LogP contribution in [0.3, 0.4) is 0 Å². The lowest BCUT2D eigenvalue weighted by atomic mass is 10.0. The molecule has 1 aliphatic rings. The van der Waals surface area contributed by atoms with Crippen LogP contribution in [0.2, 0.25) is 0 Å². The summed E-state index contributed by atoms with van der Waals surface area (Å²) < 4.78 is 46.8. The van der Waals surface area contributed by atoms with Crippen molar-refractivity contribution in [3.63, 3.8) is 0 Å². The van der Waals surface area contributed by atoms with Gasteiger partial charge < -0.3 is 15.0 Å². The minimum atomic E-state index is -4.57. The molecule has 0 saturated carbocycles. The van der Waals surface area contributed by atoms with Gasteiger partial charge in [0.25, 0.3) is 5.56 Å². The second-order valence-corrected chi connectivity index (χ2v) is 7.15. The fourth-order valence-corrected chi connectivity index (χ4v) is 3.60.